The van der Waals surface area contributed by atoms with Crippen LogP contribution in [0.5, 0.6) is 0 Å². The molecule has 0 aromatic rings. The van der Waals surface area contributed by atoms with Crippen LogP contribution >= 0.6 is 0 Å². The molecular formula is C16H36N2. The molecule has 0 amide bonds. The molecule has 0 fully saturated rings. The molecule has 0 aliphatic rings. The van der Waals surface area contributed by atoms with Crippen molar-refractivity contribution in [2.24, 2.45) is 0 Å². The molecule has 0 bridgehead atoms. The second-order valence-electron chi connectivity index (χ2n) is 7.63. The van der Waals surface area contributed by atoms with Gasteiger partial charge in [-0.15, -0.1) is 0 Å². The Kier molecular flexibility index (Phi) is 6.87. The maximum absolute atomic E-state index is 3.79. The largest absolute Gasteiger partial charge is 0.310 e. The lowest BCUT2D eigenvalue weighted by atomic mass is 9.92. The highest BCUT2D eigenvalue weighted by Crippen LogP contribution is 2.18. The summed E-state index contributed by atoms with van der Waals surface area (Å²) in [5.41, 5.74) is 0.584. The summed E-state index contributed by atoms with van der Waals surface area (Å²) in [5.74, 6) is 0. The first kappa shape index (κ1) is 17.9. The van der Waals surface area contributed by atoms with Crippen LogP contribution in [0.25, 0.3) is 0 Å². The Labute approximate surface area is 115 Å². The Hall–Kier alpha value is -0.0800. The maximum atomic E-state index is 3.79. The van der Waals surface area contributed by atoms with Gasteiger partial charge >= 0.3 is 0 Å². The Morgan fingerprint density at radius 1 is 0.667 bits per heavy atom. The van der Waals surface area contributed by atoms with Crippen molar-refractivity contribution in [3.05, 3.63) is 0 Å². The zero-order chi connectivity index (χ0) is 14.4. The van der Waals surface area contributed by atoms with Crippen molar-refractivity contribution < 1.29 is 0 Å². The number of hydrogen-bond donors (Lipinski definition) is 2. The van der Waals surface area contributed by atoms with E-state index in [1.54, 1.807) is 0 Å². The fourth-order valence-corrected chi connectivity index (χ4v) is 2.82. The van der Waals surface area contributed by atoms with E-state index in [1.807, 2.05) is 0 Å². The van der Waals surface area contributed by atoms with Crippen molar-refractivity contribution in [2.75, 3.05) is 6.54 Å². The van der Waals surface area contributed by atoms with Gasteiger partial charge in [0.2, 0.25) is 0 Å². The smallest absolute Gasteiger partial charge is 0.0254 e. The Morgan fingerprint density at radius 3 is 1.56 bits per heavy atom. The molecule has 0 aliphatic carbocycles. The second kappa shape index (κ2) is 6.91. The van der Waals surface area contributed by atoms with E-state index in [0.717, 1.165) is 6.54 Å². The van der Waals surface area contributed by atoms with Gasteiger partial charge in [0.25, 0.3) is 0 Å². The van der Waals surface area contributed by atoms with Crippen molar-refractivity contribution in [3.8, 4) is 0 Å². The van der Waals surface area contributed by atoms with Gasteiger partial charge in [-0.2, -0.15) is 0 Å². The minimum absolute atomic E-state index is 0.129. The zero-order valence-corrected chi connectivity index (χ0v) is 14.0. The Balaban J connectivity index is 4.31. The average molecular weight is 256 g/mol. The van der Waals surface area contributed by atoms with E-state index < -0.39 is 0 Å². The van der Waals surface area contributed by atoms with E-state index in [-0.39, 0.29) is 16.6 Å². The predicted molar refractivity (Wildman–Crippen MR) is 83.2 cm³/mol. The molecule has 2 N–H and O–H groups in total. The molecular weight excluding hydrogens is 220 g/mol. The van der Waals surface area contributed by atoms with Gasteiger partial charge in [0.15, 0.2) is 0 Å². The molecule has 0 saturated carbocycles. The summed E-state index contributed by atoms with van der Waals surface area (Å²) in [7, 11) is 0. The van der Waals surface area contributed by atoms with Gasteiger partial charge in [0, 0.05) is 23.2 Å². The van der Waals surface area contributed by atoms with Crippen LogP contribution in [0.1, 0.15) is 81.1 Å². The summed E-state index contributed by atoms with van der Waals surface area (Å²) < 4.78 is 0. The van der Waals surface area contributed by atoms with E-state index in [9.17, 15) is 0 Å². The highest BCUT2D eigenvalue weighted by atomic mass is 15.1. The van der Waals surface area contributed by atoms with Crippen molar-refractivity contribution >= 4 is 0 Å². The van der Waals surface area contributed by atoms with Gasteiger partial charge < -0.3 is 10.6 Å². The van der Waals surface area contributed by atoms with Crippen molar-refractivity contribution in [2.45, 2.75) is 97.7 Å². The van der Waals surface area contributed by atoms with Gasteiger partial charge in [-0.05, 0) is 54.4 Å². The molecule has 0 radical (unpaired) electrons. The number of hydrogen-bond acceptors (Lipinski definition) is 2. The summed E-state index contributed by atoms with van der Waals surface area (Å²) in [5, 5.41) is 7.49. The molecule has 2 nitrogen and oxygen atoms in total. The molecule has 0 aliphatic heterocycles. The summed E-state index contributed by atoms with van der Waals surface area (Å²) in [4.78, 5) is 0. The normalized spacial score (nSPS) is 14.0. The molecule has 2 heteroatoms. The molecule has 0 atom stereocenters. The SMILES string of the molecule is CCCC(C)(C)NCC(C)(C)NC(C)(C)CCC. The third-order valence-electron chi connectivity index (χ3n) is 3.44. The molecule has 0 heterocycles. The van der Waals surface area contributed by atoms with E-state index in [2.05, 4.69) is 66.0 Å². The molecule has 0 aromatic carbocycles. The van der Waals surface area contributed by atoms with Gasteiger partial charge in [0.05, 0.1) is 0 Å². The third-order valence-corrected chi connectivity index (χ3v) is 3.44. The quantitative estimate of drug-likeness (QED) is 0.649. The van der Waals surface area contributed by atoms with Gasteiger partial charge in [0.1, 0.15) is 0 Å². The maximum Gasteiger partial charge on any atom is 0.0254 e. The second-order valence-corrected chi connectivity index (χ2v) is 7.63. The van der Waals surface area contributed by atoms with Crippen LogP contribution in [0.4, 0.5) is 0 Å². The highest BCUT2D eigenvalue weighted by molar-refractivity contribution is 4.91. The molecule has 0 rings (SSSR count). The summed E-state index contributed by atoms with van der Waals surface area (Å²) in [6.45, 7) is 19.3. The van der Waals surface area contributed by atoms with Crippen LogP contribution in [0, 0.1) is 0 Å². The van der Waals surface area contributed by atoms with Crippen LogP contribution in [0.3, 0.4) is 0 Å². The Morgan fingerprint density at radius 2 is 1.11 bits per heavy atom. The van der Waals surface area contributed by atoms with Crippen LogP contribution < -0.4 is 10.6 Å². The molecule has 110 valence electrons. The fraction of sp³-hybridized carbons (Fsp3) is 1.00. The van der Waals surface area contributed by atoms with E-state index in [1.165, 1.54) is 25.7 Å². The van der Waals surface area contributed by atoms with Crippen molar-refractivity contribution in [3.63, 3.8) is 0 Å². The molecule has 0 aromatic heterocycles. The molecule has 18 heavy (non-hydrogen) atoms. The average Bonchev–Trinajstić information content (AvgIpc) is 2.13. The lowest BCUT2D eigenvalue weighted by Gasteiger charge is -2.40. The first-order valence-electron chi connectivity index (χ1n) is 7.58. The fourth-order valence-electron chi connectivity index (χ4n) is 2.82. The van der Waals surface area contributed by atoms with Crippen LogP contribution in [-0.2, 0) is 0 Å². The van der Waals surface area contributed by atoms with E-state index >= 15 is 0 Å². The van der Waals surface area contributed by atoms with E-state index in [0.29, 0.717) is 0 Å². The van der Waals surface area contributed by atoms with Gasteiger partial charge in [-0.25, -0.2) is 0 Å². The summed E-state index contributed by atoms with van der Waals surface area (Å²) in [6, 6.07) is 0. The van der Waals surface area contributed by atoms with Gasteiger partial charge in [-0.3, -0.25) is 0 Å². The Bertz CT molecular complexity index is 229. The van der Waals surface area contributed by atoms with Gasteiger partial charge in [-0.1, -0.05) is 26.7 Å². The monoisotopic (exact) mass is 256 g/mol. The summed E-state index contributed by atoms with van der Waals surface area (Å²) in [6.07, 6.45) is 4.90. The minimum atomic E-state index is 0.129. The predicted octanol–water partition coefficient (Wildman–Crippen LogP) is 4.10. The molecule has 0 unspecified atom stereocenters. The van der Waals surface area contributed by atoms with Crippen molar-refractivity contribution in [1.29, 1.82) is 0 Å². The minimum Gasteiger partial charge on any atom is -0.310 e. The van der Waals surface area contributed by atoms with Crippen molar-refractivity contribution in [1.82, 2.24) is 10.6 Å². The first-order valence-corrected chi connectivity index (χ1v) is 7.58. The lowest BCUT2D eigenvalue weighted by molar-refractivity contribution is 0.221. The lowest BCUT2D eigenvalue weighted by Crippen LogP contribution is -2.58. The number of rotatable bonds is 9. The highest BCUT2D eigenvalue weighted by Gasteiger charge is 2.28. The van der Waals surface area contributed by atoms with Crippen LogP contribution in [-0.4, -0.2) is 23.2 Å². The van der Waals surface area contributed by atoms with Crippen LogP contribution in [0.2, 0.25) is 0 Å². The topological polar surface area (TPSA) is 24.1 Å². The van der Waals surface area contributed by atoms with Crippen LogP contribution in [0.15, 0.2) is 0 Å². The van der Waals surface area contributed by atoms with E-state index in [4.69, 9.17) is 0 Å². The summed E-state index contributed by atoms with van der Waals surface area (Å²) >= 11 is 0. The number of nitrogens with one attached hydrogen (secondary N) is 2. The third kappa shape index (κ3) is 8.10. The first-order chi connectivity index (χ1) is 8.04. The standard InChI is InChI=1S/C16H36N2/c1-9-11-14(3,4)17-13-16(7,8)18-15(5,6)12-10-2/h17-18H,9-13H2,1-8H3. The zero-order valence-electron chi connectivity index (χ0n) is 14.0. The molecule has 0 saturated heterocycles. The molecule has 0 spiro atoms.